The van der Waals surface area contributed by atoms with Crippen LogP contribution in [0.15, 0.2) is 54.7 Å². The molecular formula is C18H17NO. The Hall–Kier alpha value is -2.48. The largest absolute Gasteiger partial charge is 0.497 e. The fourth-order valence-corrected chi connectivity index (χ4v) is 2.59. The van der Waals surface area contributed by atoms with Crippen LogP contribution < -0.4 is 9.30 Å². The van der Waals surface area contributed by atoms with Crippen LogP contribution in [0.25, 0.3) is 22.0 Å². The van der Waals surface area contributed by atoms with E-state index in [9.17, 15) is 0 Å². The molecule has 20 heavy (non-hydrogen) atoms. The second kappa shape index (κ2) is 4.89. The van der Waals surface area contributed by atoms with Gasteiger partial charge in [0.05, 0.1) is 13.3 Å². The van der Waals surface area contributed by atoms with Gasteiger partial charge in [0.25, 0.3) is 0 Å². The van der Waals surface area contributed by atoms with E-state index < -0.39 is 0 Å². The molecule has 0 saturated carbocycles. The molecule has 2 aromatic carbocycles. The molecule has 0 bridgehead atoms. The number of nitrogens with zero attached hydrogens (tertiary/aromatic N) is 1. The summed E-state index contributed by atoms with van der Waals surface area (Å²) in [5.41, 5.74) is 3.49. The summed E-state index contributed by atoms with van der Waals surface area (Å²) in [7, 11) is 5.80. The van der Waals surface area contributed by atoms with Crippen molar-refractivity contribution in [2.75, 3.05) is 7.11 Å². The minimum Gasteiger partial charge on any atom is -0.497 e. The number of hydrogen-bond acceptors (Lipinski definition) is 1. The van der Waals surface area contributed by atoms with E-state index >= 15 is 0 Å². The Balaban J connectivity index is 2.31. The maximum absolute atomic E-state index is 5.28. The van der Waals surface area contributed by atoms with E-state index in [-0.39, 0.29) is 0 Å². The van der Waals surface area contributed by atoms with Crippen LogP contribution >= 0.6 is 0 Å². The monoisotopic (exact) mass is 263 g/mol. The molecule has 0 N–H and O–H groups in total. The highest BCUT2D eigenvalue weighted by atomic mass is 16.5. The fourth-order valence-electron chi connectivity index (χ4n) is 2.59. The van der Waals surface area contributed by atoms with E-state index in [1.54, 1.807) is 7.11 Å². The minimum absolute atomic E-state index is 0.877. The number of methoxy groups -OCH3 is 1. The van der Waals surface area contributed by atoms with Crippen molar-refractivity contribution >= 4 is 10.8 Å². The van der Waals surface area contributed by atoms with Gasteiger partial charge in [-0.15, -0.1) is 0 Å². The maximum Gasteiger partial charge on any atom is 0.120 e. The molecule has 1 aromatic heterocycles. The van der Waals surface area contributed by atoms with Crippen LogP contribution in [0.3, 0.4) is 0 Å². The maximum atomic E-state index is 5.28. The molecule has 2 nitrogen and oxygen atoms in total. The van der Waals surface area contributed by atoms with Gasteiger partial charge in [0, 0.05) is 7.05 Å². The standard InChI is InChI=1S/C18H17NO/c1-13-12-15(20-3)8-9-16(13)18-17-7-5-4-6-14(17)10-11-19(18)2/h4-12H,2H2,1,3H3. The zero-order chi connectivity index (χ0) is 14.1. The lowest BCUT2D eigenvalue weighted by atomic mass is 9.99. The molecule has 0 unspecified atom stereocenters. The van der Waals surface area contributed by atoms with Crippen molar-refractivity contribution in [3.63, 3.8) is 0 Å². The molecule has 0 aliphatic carbocycles. The number of benzene rings is 2. The smallest absolute Gasteiger partial charge is 0.120 e. The molecule has 0 amide bonds. The van der Waals surface area contributed by atoms with Crippen molar-refractivity contribution in [1.29, 1.82) is 0 Å². The highest BCUT2D eigenvalue weighted by Crippen LogP contribution is 2.29. The molecule has 0 radical (unpaired) electrons. The highest BCUT2D eigenvalue weighted by Gasteiger charge is 2.10. The van der Waals surface area contributed by atoms with Crippen LogP contribution in [0.2, 0.25) is 0 Å². The third kappa shape index (κ3) is 1.99. The van der Waals surface area contributed by atoms with Crippen LogP contribution in [0.4, 0.5) is 0 Å². The first kappa shape index (κ1) is 12.5. The number of hydrogen-bond donors (Lipinski definition) is 0. The second-order valence-electron chi connectivity index (χ2n) is 4.90. The van der Waals surface area contributed by atoms with Crippen molar-refractivity contribution in [3.05, 3.63) is 67.3 Å². The van der Waals surface area contributed by atoms with Crippen LogP contribution in [0.1, 0.15) is 5.56 Å². The fraction of sp³-hybridized carbons (Fsp3) is 0.111. The van der Waals surface area contributed by atoms with Crippen LogP contribution in [-0.4, -0.2) is 7.11 Å². The lowest BCUT2D eigenvalue weighted by Gasteiger charge is -2.14. The minimum atomic E-state index is 0.877. The molecule has 0 aliphatic rings. The SMILES string of the molecule is [CH2-][n+]1ccc2ccccc2c1-c1ccc(OC)cc1C. The predicted octanol–water partition coefficient (Wildman–Crippen LogP) is 3.75. The topological polar surface area (TPSA) is 13.1 Å². The van der Waals surface area contributed by atoms with E-state index in [4.69, 9.17) is 4.74 Å². The number of rotatable bonds is 2. The van der Waals surface area contributed by atoms with E-state index in [1.807, 2.05) is 16.8 Å². The molecular weight excluding hydrogens is 246 g/mol. The van der Waals surface area contributed by atoms with Gasteiger partial charge in [0.2, 0.25) is 0 Å². The van der Waals surface area contributed by atoms with Gasteiger partial charge >= 0.3 is 0 Å². The summed E-state index contributed by atoms with van der Waals surface area (Å²) in [5.74, 6) is 0.877. The summed E-state index contributed by atoms with van der Waals surface area (Å²) in [6.07, 6.45) is 2.00. The highest BCUT2D eigenvalue weighted by molar-refractivity contribution is 5.93. The molecule has 0 spiro atoms. The number of aromatic nitrogens is 1. The Morgan fingerprint density at radius 3 is 2.60 bits per heavy atom. The van der Waals surface area contributed by atoms with E-state index in [0.29, 0.717) is 0 Å². The third-order valence-corrected chi connectivity index (χ3v) is 3.63. The number of ether oxygens (including phenoxy) is 1. The van der Waals surface area contributed by atoms with E-state index in [2.05, 4.69) is 56.4 Å². The van der Waals surface area contributed by atoms with Crippen molar-refractivity contribution < 1.29 is 9.30 Å². The first-order valence-corrected chi connectivity index (χ1v) is 6.60. The number of fused-ring (bicyclic) bond motifs is 1. The van der Waals surface area contributed by atoms with Gasteiger partial charge in [0.15, 0.2) is 0 Å². The Bertz CT molecular complexity index is 777. The molecule has 0 fully saturated rings. The quantitative estimate of drug-likeness (QED) is 0.507. The predicted molar refractivity (Wildman–Crippen MR) is 81.6 cm³/mol. The van der Waals surface area contributed by atoms with Gasteiger partial charge in [0.1, 0.15) is 11.4 Å². The zero-order valence-corrected chi connectivity index (χ0v) is 11.8. The Morgan fingerprint density at radius 1 is 1.05 bits per heavy atom. The van der Waals surface area contributed by atoms with E-state index in [1.165, 1.54) is 21.9 Å². The summed E-state index contributed by atoms with van der Waals surface area (Å²) >= 11 is 0. The third-order valence-electron chi connectivity index (χ3n) is 3.63. The van der Waals surface area contributed by atoms with Gasteiger partial charge in [-0.05, 0) is 47.0 Å². The van der Waals surface area contributed by atoms with Crippen LogP contribution in [0, 0.1) is 14.0 Å². The van der Waals surface area contributed by atoms with Crippen molar-refractivity contribution in [1.82, 2.24) is 0 Å². The summed E-state index contributed by atoms with van der Waals surface area (Å²) < 4.78 is 7.21. The summed E-state index contributed by atoms with van der Waals surface area (Å²) in [6.45, 7) is 2.10. The Labute approximate surface area is 119 Å². The normalized spacial score (nSPS) is 10.7. The Morgan fingerprint density at radius 2 is 1.85 bits per heavy atom. The molecule has 2 heteroatoms. The van der Waals surface area contributed by atoms with Gasteiger partial charge in [-0.2, -0.15) is 0 Å². The number of aryl methyl sites for hydroxylation is 1. The summed E-state index contributed by atoms with van der Waals surface area (Å²) in [4.78, 5) is 0. The van der Waals surface area contributed by atoms with Gasteiger partial charge in [-0.25, -0.2) is 0 Å². The first-order valence-electron chi connectivity index (χ1n) is 6.60. The zero-order valence-electron chi connectivity index (χ0n) is 11.8. The molecule has 100 valence electrons. The Kier molecular flexibility index (Phi) is 3.07. The van der Waals surface area contributed by atoms with E-state index in [0.717, 1.165) is 11.4 Å². The van der Waals surface area contributed by atoms with Gasteiger partial charge < -0.3 is 9.30 Å². The molecule has 1 heterocycles. The molecule has 0 saturated heterocycles. The number of pyridine rings is 1. The van der Waals surface area contributed by atoms with Crippen molar-refractivity contribution in [3.8, 4) is 17.0 Å². The average molecular weight is 263 g/mol. The lowest BCUT2D eigenvalue weighted by Crippen LogP contribution is -2.28. The second-order valence-corrected chi connectivity index (χ2v) is 4.90. The summed E-state index contributed by atoms with van der Waals surface area (Å²) in [6, 6.07) is 16.6. The average Bonchev–Trinajstić information content (AvgIpc) is 2.48. The molecule has 0 aliphatic heterocycles. The van der Waals surface area contributed by atoms with Crippen molar-refractivity contribution in [2.24, 2.45) is 0 Å². The van der Waals surface area contributed by atoms with Gasteiger partial charge in [-0.1, -0.05) is 30.3 Å². The van der Waals surface area contributed by atoms with Crippen LogP contribution in [-0.2, 0) is 0 Å². The lowest BCUT2D eigenvalue weighted by molar-refractivity contribution is -0.599. The first-order chi connectivity index (χ1) is 9.70. The van der Waals surface area contributed by atoms with Crippen LogP contribution in [0.5, 0.6) is 5.75 Å². The molecule has 3 rings (SSSR count). The molecule has 0 atom stereocenters. The molecule has 3 aromatic rings. The summed E-state index contributed by atoms with van der Waals surface area (Å²) in [5, 5.41) is 2.43. The van der Waals surface area contributed by atoms with Gasteiger partial charge in [-0.3, -0.25) is 0 Å². The van der Waals surface area contributed by atoms with Crippen molar-refractivity contribution in [2.45, 2.75) is 6.92 Å².